The molecule has 1 rings (SSSR count). The van der Waals surface area contributed by atoms with Crippen molar-refractivity contribution in [2.24, 2.45) is 0 Å². The molecule has 0 aliphatic heterocycles. The van der Waals surface area contributed by atoms with Crippen molar-refractivity contribution in [3.8, 4) is 6.07 Å². The van der Waals surface area contributed by atoms with Crippen molar-refractivity contribution in [3.63, 3.8) is 0 Å². The molecule has 1 aromatic rings. The molecule has 0 unspecified atom stereocenters. The molecule has 94 valence electrons. The zero-order valence-electron chi connectivity index (χ0n) is 10.2. The van der Waals surface area contributed by atoms with Gasteiger partial charge in [-0.2, -0.15) is 5.26 Å². The number of nitrogens with zero attached hydrogens (tertiary/aromatic N) is 1. The molecule has 0 heterocycles. The summed E-state index contributed by atoms with van der Waals surface area (Å²) in [5.74, 6) is -0.352. The van der Waals surface area contributed by atoms with Gasteiger partial charge in [0.25, 0.3) is 0 Å². The van der Waals surface area contributed by atoms with E-state index in [9.17, 15) is 9.59 Å². The summed E-state index contributed by atoms with van der Waals surface area (Å²) < 4.78 is 0. The molecule has 2 amide bonds. The highest BCUT2D eigenvalue weighted by atomic mass is 16.2. The minimum atomic E-state index is -0.332. The first kappa shape index (κ1) is 13.7. The Morgan fingerprint density at radius 3 is 2.78 bits per heavy atom. The molecule has 0 radical (unpaired) electrons. The van der Waals surface area contributed by atoms with Crippen LogP contribution in [0, 0.1) is 11.3 Å². The highest BCUT2D eigenvalue weighted by molar-refractivity contribution is 5.92. The first-order valence-electron chi connectivity index (χ1n) is 5.62. The van der Waals surface area contributed by atoms with Crippen molar-refractivity contribution in [3.05, 3.63) is 29.8 Å². The summed E-state index contributed by atoms with van der Waals surface area (Å²) in [5, 5.41) is 13.6. The monoisotopic (exact) mass is 245 g/mol. The van der Waals surface area contributed by atoms with Gasteiger partial charge in [0.1, 0.15) is 6.42 Å². The SMILES string of the molecule is CNC(=O)CCc1cccc(NC(=O)CC#N)c1. The highest BCUT2D eigenvalue weighted by Crippen LogP contribution is 2.12. The molecule has 18 heavy (non-hydrogen) atoms. The van der Waals surface area contributed by atoms with E-state index in [2.05, 4.69) is 10.6 Å². The molecule has 1 aromatic carbocycles. The molecule has 0 atom stereocenters. The zero-order chi connectivity index (χ0) is 13.4. The van der Waals surface area contributed by atoms with E-state index in [1.54, 1.807) is 31.3 Å². The quantitative estimate of drug-likeness (QED) is 0.818. The Kier molecular flexibility index (Phi) is 5.39. The van der Waals surface area contributed by atoms with Crippen LogP contribution in [0.15, 0.2) is 24.3 Å². The second-order valence-corrected chi connectivity index (χ2v) is 3.76. The zero-order valence-corrected chi connectivity index (χ0v) is 10.2. The van der Waals surface area contributed by atoms with Gasteiger partial charge >= 0.3 is 0 Å². The minimum Gasteiger partial charge on any atom is -0.359 e. The first-order chi connectivity index (χ1) is 8.65. The van der Waals surface area contributed by atoms with Gasteiger partial charge in [-0.1, -0.05) is 12.1 Å². The maximum absolute atomic E-state index is 11.2. The summed E-state index contributed by atoms with van der Waals surface area (Å²) in [5.41, 5.74) is 1.61. The largest absolute Gasteiger partial charge is 0.359 e. The van der Waals surface area contributed by atoms with Crippen LogP contribution < -0.4 is 10.6 Å². The van der Waals surface area contributed by atoms with E-state index in [0.29, 0.717) is 18.5 Å². The Morgan fingerprint density at radius 1 is 1.33 bits per heavy atom. The van der Waals surface area contributed by atoms with Gasteiger partial charge in [0, 0.05) is 19.2 Å². The van der Waals surface area contributed by atoms with Crippen LogP contribution in [0.5, 0.6) is 0 Å². The number of aryl methyl sites for hydroxylation is 1. The van der Waals surface area contributed by atoms with Gasteiger partial charge < -0.3 is 10.6 Å². The fourth-order valence-corrected chi connectivity index (χ4v) is 1.46. The molecule has 0 spiro atoms. The van der Waals surface area contributed by atoms with Crippen LogP contribution in [-0.4, -0.2) is 18.9 Å². The molecule has 0 aromatic heterocycles. The lowest BCUT2D eigenvalue weighted by Crippen LogP contribution is -2.18. The van der Waals surface area contributed by atoms with E-state index in [4.69, 9.17) is 5.26 Å². The number of carbonyl (C=O) groups excluding carboxylic acids is 2. The van der Waals surface area contributed by atoms with Gasteiger partial charge in [0.05, 0.1) is 6.07 Å². The predicted molar refractivity (Wildman–Crippen MR) is 67.7 cm³/mol. The molecule has 0 fully saturated rings. The van der Waals surface area contributed by atoms with Crippen molar-refractivity contribution in [2.45, 2.75) is 19.3 Å². The number of carbonyl (C=O) groups is 2. The summed E-state index contributed by atoms with van der Waals surface area (Å²) in [7, 11) is 1.60. The number of amides is 2. The third-order valence-corrected chi connectivity index (χ3v) is 2.37. The van der Waals surface area contributed by atoms with E-state index in [-0.39, 0.29) is 18.2 Å². The third kappa shape index (κ3) is 4.66. The van der Waals surface area contributed by atoms with Gasteiger partial charge in [0.15, 0.2) is 0 Å². The van der Waals surface area contributed by atoms with Crippen molar-refractivity contribution >= 4 is 17.5 Å². The lowest BCUT2D eigenvalue weighted by Gasteiger charge is -2.06. The van der Waals surface area contributed by atoms with Crippen molar-refractivity contribution < 1.29 is 9.59 Å². The lowest BCUT2D eigenvalue weighted by atomic mass is 10.1. The van der Waals surface area contributed by atoms with Crippen molar-refractivity contribution in [2.75, 3.05) is 12.4 Å². The number of rotatable bonds is 5. The molecule has 0 bridgehead atoms. The fraction of sp³-hybridized carbons (Fsp3) is 0.308. The number of nitriles is 1. The molecule has 0 saturated carbocycles. The first-order valence-corrected chi connectivity index (χ1v) is 5.62. The van der Waals surface area contributed by atoms with Gasteiger partial charge in [0.2, 0.25) is 11.8 Å². The number of hydrogen-bond acceptors (Lipinski definition) is 3. The van der Waals surface area contributed by atoms with Crippen LogP contribution in [0.1, 0.15) is 18.4 Å². The van der Waals surface area contributed by atoms with Crippen molar-refractivity contribution in [1.82, 2.24) is 5.32 Å². The van der Waals surface area contributed by atoms with E-state index < -0.39 is 0 Å². The summed E-state index contributed by atoms with van der Waals surface area (Å²) in [6.45, 7) is 0. The van der Waals surface area contributed by atoms with Crippen LogP contribution in [-0.2, 0) is 16.0 Å². The molecule has 0 aliphatic rings. The standard InChI is InChI=1S/C13H15N3O2/c1-15-12(17)6-5-10-3-2-4-11(9-10)16-13(18)7-8-14/h2-4,9H,5-7H2,1H3,(H,15,17)(H,16,18). The lowest BCUT2D eigenvalue weighted by molar-refractivity contribution is -0.120. The smallest absolute Gasteiger partial charge is 0.238 e. The van der Waals surface area contributed by atoms with E-state index in [0.717, 1.165) is 5.56 Å². The number of nitrogens with one attached hydrogen (secondary N) is 2. The van der Waals surface area contributed by atoms with E-state index in [1.807, 2.05) is 6.07 Å². The summed E-state index contributed by atoms with van der Waals surface area (Å²) in [6, 6.07) is 9.04. The van der Waals surface area contributed by atoms with Crippen LogP contribution >= 0.6 is 0 Å². The molecule has 0 aliphatic carbocycles. The Bertz CT molecular complexity index is 477. The average molecular weight is 245 g/mol. The summed E-state index contributed by atoms with van der Waals surface area (Å²) >= 11 is 0. The Hall–Kier alpha value is -2.35. The van der Waals surface area contributed by atoms with Crippen LogP contribution in [0.4, 0.5) is 5.69 Å². The van der Waals surface area contributed by atoms with Gasteiger partial charge in [-0.3, -0.25) is 9.59 Å². The number of hydrogen-bond donors (Lipinski definition) is 2. The summed E-state index contributed by atoms with van der Waals surface area (Å²) in [6.07, 6.45) is 0.857. The minimum absolute atomic E-state index is 0.0195. The van der Waals surface area contributed by atoms with Gasteiger partial charge in [-0.25, -0.2) is 0 Å². The average Bonchev–Trinajstić information content (AvgIpc) is 2.36. The normalized spacial score (nSPS) is 9.33. The number of anilines is 1. The molecule has 5 heteroatoms. The second-order valence-electron chi connectivity index (χ2n) is 3.76. The van der Waals surface area contributed by atoms with Crippen LogP contribution in [0.2, 0.25) is 0 Å². The number of benzene rings is 1. The van der Waals surface area contributed by atoms with E-state index in [1.165, 1.54) is 0 Å². The predicted octanol–water partition coefficient (Wildman–Crippen LogP) is 1.22. The Balaban J connectivity index is 2.59. The van der Waals surface area contributed by atoms with Gasteiger partial charge in [-0.05, 0) is 24.1 Å². The van der Waals surface area contributed by atoms with Crippen LogP contribution in [0.3, 0.4) is 0 Å². The second kappa shape index (κ2) is 7.07. The molecule has 5 nitrogen and oxygen atoms in total. The van der Waals surface area contributed by atoms with Crippen molar-refractivity contribution in [1.29, 1.82) is 5.26 Å². The Morgan fingerprint density at radius 2 is 2.11 bits per heavy atom. The topological polar surface area (TPSA) is 82.0 Å². The molecule has 0 saturated heterocycles. The summed E-state index contributed by atoms with van der Waals surface area (Å²) in [4.78, 5) is 22.4. The molecular weight excluding hydrogens is 230 g/mol. The maximum atomic E-state index is 11.2. The molecule has 2 N–H and O–H groups in total. The van der Waals surface area contributed by atoms with Gasteiger partial charge in [-0.15, -0.1) is 0 Å². The molecular formula is C13H15N3O2. The third-order valence-electron chi connectivity index (χ3n) is 2.37. The highest BCUT2D eigenvalue weighted by Gasteiger charge is 2.03. The maximum Gasteiger partial charge on any atom is 0.238 e. The Labute approximate surface area is 106 Å². The van der Waals surface area contributed by atoms with Crippen LogP contribution in [0.25, 0.3) is 0 Å². The van der Waals surface area contributed by atoms with E-state index >= 15 is 0 Å². The fourth-order valence-electron chi connectivity index (χ4n) is 1.46.